The molecule has 1 amide bonds. The molecule has 8 heteroatoms. The molecule has 0 spiro atoms. The van der Waals surface area contributed by atoms with Crippen LogP contribution in [0.15, 0.2) is 56.5 Å². The maximum Gasteiger partial charge on any atom is 0.261 e. The summed E-state index contributed by atoms with van der Waals surface area (Å²) in [5.41, 5.74) is 1.13. The summed E-state index contributed by atoms with van der Waals surface area (Å²) in [4.78, 5) is 28.9. The number of benzene rings is 2. The lowest BCUT2D eigenvalue weighted by atomic mass is 10.2. The van der Waals surface area contributed by atoms with Gasteiger partial charge in [0.05, 0.1) is 17.2 Å². The molecule has 0 unspecified atom stereocenters. The fourth-order valence-corrected chi connectivity index (χ4v) is 3.41. The van der Waals surface area contributed by atoms with E-state index in [1.807, 2.05) is 18.2 Å². The van der Waals surface area contributed by atoms with Gasteiger partial charge < -0.3 is 5.32 Å². The molecule has 0 bridgehead atoms. The minimum Gasteiger partial charge on any atom is -0.350 e. The van der Waals surface area contributed by atoms with Gasteiger partial charge in [-0.05, 0) is 35.9 Å². The Balaban J connectivity index is 1.73. The number of amides is 1. The Morgan fingerprint density at radius 3 is 2.64 bits per heavy atom. The molecule has 0 atom stereocenters. The monoisotopic (exact) mass is 483 g/mol. The van der Waals surface area contributed by atoms with Crippen molar-refractivity contribution in [3.63, 3.8) is 0 Å². The van der Waals surface area contributed by atoms with Crippen LogP contribution in [0.2, 0.25) is 5.02 Å². The number of halogens is 3. The zero-order valence-electron chi connectivity index (χ0n) is 12.8. The number of rotatable bonds is 4. The quantitative estimate of drug-likeness (QED) is 0.610. The predicted molar refractivity (Wildman–Crippen MR) is 105 cm³/mol. The second kappa shape index (κ2) is 7.68. The van der Waals surface area contributed by atoms with Gasteiger partial charge in [-0.25, -0.2) is 4.98 Å². The molecular weight excluding hydrogens is 473 g/mol. The lowest BCUT2D eigenvalue weighted by Gasteiger charge is -2.09. The van der Waals surface area contributed by atoms with Crippen LogP contribution >= 0.6 is 43.5 Å². The van der Waals surface area contributed by atoms with Crippen molar-refractivity contribution in [2.24, 2.45) is 0 Å². The minimum atomic E-state index is -0.294. The van der Waals surface area contributed by atoms with Gasteiger partial charge in [-0.1, -0.05) is 49.5 Å². The van der Waals surface area contributed by atoms with Gasteiger partial charge in [0.1, 0.15) is 6.54 Å². The van der Waals surface area contributed by atoms with Crippen molar-refractivity contribution >= 4 is 60.3 Å². The summed E-state index contributed by atoms with van der Waals surface area (Å²) in [7, 11) is 0. The minimum absolute atomic E-state index is 0.109. The molecule has 1 heterocycles. The normalized spacial score (nSPS) is 10.8. The average molecular weight is 486 g/mol. The van der Waals surface area contributed by atoms with E-state index in [-0.39, 0.29) is 24.6 Å². The summed E-state index contributed by atoms with van der Waals surface area (Å²) in [5.74, 6) is -0.294. The van der Waals surface area contributed by atoms with Gasteiger partial charge in [0.2, 0.25) is 5.91 Å². The zero-order valence-corrected chi connectivity index (χ0v) is 16.7. The Hall–Kier alpha value is -1.70. The topological polar surface area (TPSA) is 64.0 Å². The van der Waals surface area contributed by atoms with Crippen molar-refractivity contribution in [3.05, 3.63) is 72.6 Å². The Kier molecular flexibility index (Phi) is 5.56. The van der Waals surface area contributed by atoms with Crippen molar-refractivity contribution in [3.8, 4) is 0 Å². The SMILES string of the molecule is O=C(Cn1cnc2ccc(Br)cc2c1=O)NCc1ccc(Br)cc1Cl. The van der Waals surface area contributed by atoms with Gasteiger partial charge in [-0.15, -0.1) is 0 Å². The molecular formula is C17H12Br2ClN3O2. The third kappa shape index (κ3) is 4.29. The van der Waals surface area contributed by atoms with E-state index in [4.69, 9.17) is 11.6 Å². The second-order valence-corrected chi connectivity index (χ2v) is 7.59. The Bertz CT molecular complexity index is 1020. The van der Waals surface area contributed by atoms with Gasteiger partial charge in [0, 0.05) is 20.5 Å². The first kappa shape index (κ1) is 18.1. The average Bonchev–Trinajstić information content (AvgIpc) is 2.57. The number of nitrogens with zero attached hydrogens (tertiary/aromatic N) is 2. The third-order valence-electron chi connectivity index (χ3n) is 3.59. The lowest BCUT2D eigenvalue weighted by Crippen LogP contribution is -2.32. The summed E-state index contributed by atoms with van der Waals surface area (Å²) in [6.45, 7) is 0.175. The van der Waals surface area contributed by atoms with Crippen LogP contribution in [0.4, 0.5) is 0 Å². The van der Waals surface area contributed by atoms with E-state index < -0.39 is 0 Å². The van der Waals surface area contributed by atoms with E-state index in [1.54, 1.807) is 18.2 Å². The maximum absolute atomic E-state index is 12.5. The summed E-state index contributed by atoms with van der Waals surface area (Å²) in [6, 6.07) is 10.7. The molecule has 0 aliphatic rings. The Morgan fingerprint density at radius 2 is 1.88 bits per heavy atom. The van der Waals surface area contributed by atoms with E-state index in [1.165, 1.54) is 10.9 Å². The van der Waals surface area contributed by atoms with Gasteiger partial charge in [0.15, 0.2) is 0 Å². The maximum atomic E-state index is 12.5. The summed E-state index contributed by atoms with van der Waals surface area (Å²) >= 11 is 12.8. The number of hydrogen-bond donors (Lipinski definition) is 1. The molecule has 1 aromatic heterocycles. The van der Waals surface area contributed by atoms with Crippen molar-refractivity contribution in [1.29, 1.82) is 0 Å². The molecule has 25 heavy (non-hydrogen) atoms. The van der Waals surface area contributed by atoms with Crippen LogP contribution in [0.1, 0.15) is 5.56 Å². The number of nitrogens with one attached hydrogen (secondary N) is 1. The van der Waals surface area contributed by atoms with E-state index in [0.717, 1.165) is 14.5 Å². The number of carbonyl (C=O) groups excluding carboxylic acids is 1. The number of hydrogen-bond acceptors (Lipinski definition) is 3. The van der Waals surface area contributed by atoms with Crippen LogP contribution in [-0.4, -0.2) is 15.5 Å². The van der Waals surface area contributed by atoms with Gasteiger partial charge >= 0.3 is 0 Å². The molecule has 2 aromatic carbocycles. The van der Waals surface area contributed by atoms with E-state index >= 15 is 0 Å². The molecule has 3 aromatic rings. The first-order valence-electron chi connectivity index (χ1n) is 7.29. The highest BCUT2D eigenvalue weighted by atomic mass is 79.9. The summed E-state index contributed by atoms with van der Waals surface area (Å²) < 4.78 is 2.94. The fraction of sp³-hybridized carbons (Fsp3) is 0.118. The molecule has 5 nitrogen and oxygen atoms in total. The van der Waals surface area contributed by atoms with Gasteiger partial charge in [-0.3, -0.25) is 14.2 Å². The fourth-order valence-electron chi connectivity index (χ4n) is 2.31. The van der Waals surface area contributed by atoms with Gasteiger partial charge in [-0.2, -0.15) is 0 Å². The van der Waals surface area contributed by atoms with Crippen LogP contribution in [0, 0.1) is 0 Å². The number of fused-ring (bicyclic) bond motifs is 1. The molecule has 0 saturated carbocycles. The van der Waals surface area contributed by atoms with Crippen LogP contribution < -0.4 is 10.9 Å². The van der Waals surface area contributed by atoms with Crippen LogP contribution in [0.5, 0.6) is 0 Å². The molecule has 0 fully saturated rings. The second-order valence-electron chi connectivity index (χ2n) is 5.35. The molecule has 0 saturated heterocycles. The molecule has 128 valence electrons. The number of aromatic nitrogens is 2. The van der Waals surface area contributed by atoms with Gasteiger partial charge in [0.25, 0.3) is 5.56 Å². The summed E-state index contributed by atoms with van der Waals surface area (Å²) in [6.07, 6.45) is 1.38. The Morgan fingerprint density at radius 1 is 1.16 bits per heavy atom. The van der Waals surface area contributed by atoms with Crippen molar-refractivity contribution in [1.82, 2.24) is 14.9 Å². The van der Waals surface area contributed by atoms with Crippen LogP contribution in [-0.2, 0) is 17.9 Å². The van der Waals surface area contributed by atoms with Crippen LogP contribution in [0.3, 0.4) is 0 Å². The number of carbonyl (C=O) groups is 1. The smallest absolute Gasteiger partial charge is 0.261 e. The Labute approximate surface area is 165 Å². The van der Waals surface area contributed by atoms with Crippen molar-refractivity contribution in [2.45, 2.75) is 13.1 Å². The van der Waals surface area contributed by atoms with Crippen molar-refractivity contribution in [2.75, 3.05) is 0 Å². The molecule has 1 N–H and O–H groups in total. The molecule has 0 radical (unpaired) electrons. The largest absolute Gasteiger partial charge is 0.350 e. The molecule has 0 aliphatic heterocycles. The predicted octanol–water partition coefficient (Wildman–Crippen LogP) is 3.89. The summed E-state index contributed by atoms with van der Waals surface area (Å²) in [5, 5.41) is 3.78. The molecule has 3 rings (SSSR count). The third-order valence-corrected chi connectivity index (χ3v) is 4.93. The highest BCUT2D eigenvalue weighted by Crippen LogP contribution is 2.21. The van der Waals surface area contributed by atoms with E-state index in [2.05, 4.69) is 42.2 Å². The highest BCUT2D eigenvalue weighted by Gasteiger charge is 2.09. The van der Waals surface area contributed by atoms with Crippen LogP contribution in [0.25, 0.3) is 10.9 Å². The first-order valence-corrected chi connectivity index (χ1v) is 9.26. The standard InChI is InChI=1S/C17H12Br2ClN3O2/c18-11-3-4-15-13(5-11)17(25)23(9-22-15)8-16(24)21-7-10-1-2-12(19)6-14(10)20/h1-6,9H,7-8H2,(H,21,24). The lowest BCUT2D eigenvalue weighted by molar-refractivity contribution is -0.121. The molecule has 0 aliphatic carbocycles. The van der Waals surface area contributed by atoms with Crippen molar-refractivity contribution < 1.29 is 4.79 Å². The highest BCUT2D eigenvalue weighted by molar-refractivity contribution is 9.10. The van der Waals surface area contributed by atoms with E-state index in [0.29, 0.717) is 15.9 Å². The van der Waals surface area contributed by atoms with E-state index in [9.17, 15) is 9.59 Å². The zero-order chi connectivity index (χ0) is 18.0. The first-order chi connectivity index (χ1) is 11.9.